The molecule has 2 heterocycles. The highest BCUT2D eigenvalue weighted by Gasteiger charge is 2.28. The summed E-state index contributed by atoms with van der Waals surface area (Å²) in [5.74, 6) is -0.560. The molecule has 0 aromatic heterocycles. The number of carbonyl (C=O) groups excluding carboxylic acids is 3. The fourth-order valence-electron chi connectivity index (χ4n) is 2.85. The van der Waals surface area contributed by atoms with Crippen LogP contribution < -0.4 is 10.6 Å². The standard InChI is InChI=1S/C17H19FN4O3/c18-14-3-1-12(2-4-14)13-5-8-21(9-6-13)16(24)19-7-10-22-15(23)11-20-17(22)25/h1-5H,6-11H2,(H,19,24)(H,20,25). The number of amides is 5. The van der Waals surface area contributed by atoms with E-state index in [0.717, 1.165) is 16.0 Å². The van der Waals surface area contributed by atoms with Crippen LogP contribution in [0.2, 0.25) is 0 Å². The monoisotopic (exact) mass is 346 g/mol. The molecule has 1 saturated heterocycles. The Balaban J connectivity index is 1.47. The van der Waals surface area contributed by atoms with Gasteiger partial charge in [-0.1, -0.05) is 18.2 Å². The van der Waals surface area contributed by atoms with Crippen LogP contribution in [0, 0.1) is 5.82 Å². The summed E-state index contributed by atoms with van der Waals surface area (Å²) in [5, 5.41) is 5.14. The van der Waals surface area contributed by atoms with Crippen LogP contribution in [0.4, 0.5) is 14.0 Å². The topological polar surface area (TPSA) is 81.8 Å². The van der Waals surface area contributed by atoms with E-state index in [0.29, 0.717) is 19.5 Å². The van der Waals surface area contributed by atoms with Gasteiger partial charge in [0.15, 0.2) is 0 Å². The van der Waals surface area contributed by atoms with Crippen LogP contribution in [0.25, 0.3) is 5.57 Å². The third-order valence-electron chi connectivity index (χ3n) is 4.26. The smallest absolute Gasteiger partial charge is 0.324 e. The van der Waals surface area contributed by atoms with E-state index < -0.39 is 6.03 Å². The number of nitrogens with one attached hydrogen (secondary N) is 2. The first-order chi connectivity index (χ1) is 12.0. The normalized spacial score (nSPS) is 17.4. The van der Waals surface area contributed by atoms with Crippen molar-refractivity contribution in [1.29, 1.82) is 0 Å². The van der Waals surface area contributed by atoms with Crippen molar-refractivity contribution >= 4 is 23.5 Å². The molecule has 1 aromatic rings. The van der Waals surface area contributed by atoms with E-state index >= 15 is 0 Å². The lowest BCUT2D eigenvalue weighted by Crippen LogP contribution is -2.45. The molecule has 2 N–H and O–H groups in total. The van der Waals surface area contributed by atoms with Crippen molar-refractivity contribution in [2.24, 2.45) is 0 Å². The van der Waals surface area contributed by atoms with Crippen LogP contribution in [-0.4, -0.2) is 60.5 Å². The van der Waals surface area contributed by atoms with Gasteiger partial charge in [0, 0.05) is 26.2 Å². The Labute approximate surface area is 144 Å². The second kappa shape index (κ2) is 7.33. The Morgan fingerprint density at radius 1 is 1.24 bits per heavy atom. The lowest BCUT2D eigenvalue weighted by Gasteiger charge is -2.27. The summed E-state index contributed by atoms with van der Waals surface area (Å²) in [6, 6.07) is 5.64. The first-order valence-corrected chi connectivity index (χ1v) is 8.10. The summed E-state index contributed by atoms with van der Waals surface area (Å²) in [7, 11) is 0. The average molecular weight is 346 g/mol. The minimum Gasteiger partial charge on any atom is -0.336 e. The molecule has 2 aliphatic rings. The molecule has 1 aromatic carbocycles. The molecule has 3 rings (SSSR count). The molecule has 0 unspecified atom stereocenters. The second-order valence-corrected chi connectivity index (χ2v) is 5.87. The summed E-state index contributed by atoms with van der Waals surface area (Å²) in [6.07, 6.45) is 2.64. The highest BCUT2D eigenvalue weighted by Crippen LogP contribution is 2.22. The van der Waals surface area contributed by atoms with Gasteiger partial charge in [-0.15, -0.1) is 0 Å². The maximum Gasteiger partial charge on any atom is 0.324 e. The van der Waals surface area contributed by atoms with E-state index in [4.69, 9.17) is 0 Å². The van der Waals surface area contributed by atoms with Crippen molar-refractivity contribution in [2.75, 3.05) is 32.7 Å². The number of benzene rings is 1. The Morgan fingerprint density at radius 2 is 2.00 bits per heavy atom. The Morgan fingerprint density at radius 3 is 2.60 bits per heavy atom. The molecule has 1 fully saturated rings. The molecule has 0 spiro atoms. The van der Waals surface area contributed by atoms with Gasteiger partial charge >= 0.3 is 12.1 Å². The molecule has 2 aliphatic heterocycles. The number of imide groups is 1. The number of urea groups is 2. The number of hydrogen-bond donors (Lipinski definition) is 2. The van der Waals surface area contributed by atoms with Crippen LogP contribution in [0.3, 0.4) is 0 Å². The van der Waals surface area contributed by atoms with Crippen LogP contribution in [0.5, 0.6) is 0 Å². The zero-order valence-electron chi connectivity index (χ0n) is 13.6. The number of rotatable bonds is 4. The highest BCUT2D eigenvalue weighted by molar-refractivity contribution is 6.01. The van der Waals surface area contributed by atoms with Gasteiger partial charge in [-0.2, -0.15) is 0 Å². The lowest BCUT2D eigenvalue weighted by molar-refractivity contribution is -0.124. The van der Waals surface area contributed by atoms with Crippen molar-refractivity contribution < 1.29 is 18.8 Å². The average Bonchev–Trinajstić information content (AvgIpc) is 2.94. The third kappa shape index (κ3) is 3.96. The molecule has 0 atom stereocenters. The summed E-state index contributed by atoms with van der Waals surface area (Å²) >= 11 is 0. The van der Waals surface area contributed by atoms with Gasteiger partial charge in [-0.05, 0) is 29.7 Å². The molecular formula is C17H19FN4O3. The molecule has 132 valence electrons. The SMILES string of the molecule is O=C(NCCN1C(=O)CNC1=O)N1CC=C(c2ccc(F)cc2)CC1. The molecular weight excluding hydrogens is 327 g/mol. The molecule has 0 bridgehead atoms. The maximum atomic E-state index is 13.0. The number of carbonyl (C=O) groups is 3. The van der Waals surface area contributed by atoms with Gasteiger partial charge < -0.3 is 15.5 Å². The Hall–Kier alpha value is -2.90. The summed E-state index contributed by atoms with van der Waals surface area (Å²) in [6.45, 7) is 1.39. The Kier molecular flexibility index (Phi) is 4.97. The minimum absolute atomic E-state index is 0.00978. The second-order valence-electron chi connectivity index (χ2n) is 5.87. The fraction of sp³-hybridized carbons (Fsp3) is 0.353. The van der Waals surface area contributed by atoms with Crippen molar-refractivity contribution in [3.63, 3.8) is 0 Å². The molecule has 0 radical (unpaired) electrons. The molecule has 0 aliphatic carbocycles. The summed E-state index contributed by atoms with van der Waals surface area (Å²) in [5.41, 5.74) is 2.04. The summed E-state index contributed by atoms with van der Waals surface area (Å²) in [4.78, 5) is 37.7. The van der Waals surface area contributed by atoms with Crippen LogP contribution >= 0.6 is 0 Å². The predicted molar refractivity (Wildman–Crippen MR) is 89.1 cm³/mol. The van der Waals surface area contributed by atoms with Crippen LogP contribution in [0.1, 0.15) is 12.0 Å². The molecule has 5 amide bonds. The van der Waals surface area contributed by atoms with Gasteiger partial charge in [0.1, 0.15) is 5.82 Å². The van der Waals surface area contributed by atoms with Gasteiger partial charge in [0.2, 0.25) is 5.91 Å². The lowest BCUT2D eigenvalue weighted by atomic mass is 10.00. The van der Waals surface area contributed by atoms with E-state index in [1.807, 2.05) is 6.08 Å². The molecule has 0 saturated carbocycles. The fourth-order valence-corrected chi connectivity index (χ4v) is 2.85. The highest BCUT2D eigenvalue weighted by atomic mass is 19.1. The largest absolute Gasteiger partial charge is 0.336 e. The van der Waals surface area contributed by atoms with Crippen molar-refractivity contribution in [2.45, 2.75) is 6.42 Å². The van der Waals surface area contributed by atoms with Crippen LogP contribution in [0.15, 0.2) is 30.3 Å². The van der Waals surface area contributed by atoms with Crippen molar-refractivity contribution in [3.8, 4) is 0 Å². The van der Waals surface area contributed by atoms with E-state index in [1.54, 1.807) is 17.0 Å². The molecule has 25 heavy (non-hydrogen) atoms. The molecule has 8 heteroatoms. The minimum atomic E-state index is -0.427. The van der Waals surface area contributed by atoms with Gasteiger partial charge in [0.25, 0.3) is 0 Å². The number of nitrogens with zero attached hydrogens (tertiary/aromatic N) is 2. The van der Waals surface area contributed by atoms with Crippen molar-refractivity contribution in [1.82, 2.24) is 20.4 Å². The molecule has 7 nitrogen and oxygen atoms in total. The first-order valence-electron chi connectivity index (χ1n) is 8.10. The van der Waals surface area contributed by atoms with Gasteiger partial charge in [-0.25, -0.2) is 14.0 Å². The maximum absolute atomic E-state index is 13.0. The zero-order valence-corrected chi connectivity index (χ0v) is 13.6. The quantitative estimate of drug-likeness (QED) is 0.803. The Bertz CT molecular complexity index is 701. The zero-order chi connectivity index (χ0) is 17.8. The first kappa shape index (κ1) is 16.9. The van der Waals surface area contributed by atoms with Crippen molar-refractivity contribution in [3.05, 3.63) is 41.7 Å². The number of hydrogen-bond acceptors (Lipinski definition) is 3. The number of halogens is 1. The third-order valence-corrected chi connectivity index (χ3v) is 4.26. The van der Waals surface area contributed by atoms with E-state index in [2.05, 4.69) is 10.6 Å². The predicted octanol–water partition coefficient (Wildman–Crippen LogP) is 1.18. The van der Waals surface area contributed by atoms with E-state index in [1.165, 1.54) is 12.1 Å². The van der Waals surface area contributed by atoms with E-state index in [-0.39, 0.29) is 37.4 Å². The van der Waals surface area contributed by atoms with E-state index in [9.17, 15) is 18.8 Å². The van der Waals surface area contributed by atoms with Gasteiger partial charge in [0.05, 0.1) is 6.54 Å². The van der Waals surface area contributed by atoms with Gasteiger partial charge in [-0.3, -0.25) is 9.69 Å². The van der Waals surface area contributed by atoms with Crippen LogP contribution in [-0.2, 0) is 4.79 Å². The summed E-state index contributed by atoms with van der Waals surface area (Å²) < 4.78 is 13.0.